The van der Waals surface area contributed by atoms with E-state index in [-0.39, 0.29) is 0 Å². The molecule has 0 radical (unpaired) electrons. The van der Waals surface area contributed by atoms with E-state index >= 15 is 0 Å². The fourth-order valence-corrected chi connectivity index (χ4v) is 4.45. The smallest absolute Gasteiger partial charge is 0.161 e. The van der Waals surface area contributed by atoms with Crippen molar-refractivity contribution in [3.05, 3.63) is 97.3 Å². The van der Waals surface area contributed by atoms with Crippen molar-refractivity contribution in [2.75, 3.05) is 13.7 Å². The van der Waals surface area contributed by atoms with Crippen molar-refractivity contribution >= 4 is 52.6 Å². The second-order valence-electron chi connectivity index (χ2n) is 6.79. The van der Waals surface area contributed by atoms with E-state index in [1.54, 1.807) is 18.9 Å². The summed E-state index contributed by atoms with van der Waals surface area (Å²) in [5.74, 6) is 2.24. The van der Waals surface area contributed by atoms with E-state index in [9.17, 15) is 0 Å². The molecule has 0 bridgehead atoms. The molecule has 6 heteroatoms. The third kappa shape index (κ3) is 7.11. The van der Waals surface area contributed by atoms with Crippen LogP contribution in [0.3, 0.4) is 0 Å². The average Bonchev–Trinajstić information content (AvgIpc) is 2.77. The Balaban J connectivity index is 1.86. The number of methoxy groups -OCH3 is 1. The van der Waals surface area contributed by atoms with Gasteiger partial charge in [0.2, 0.25) is 0 Å². The maximum absolute atomic E-state index is 6.18. The zero-order valence-electron chi connectivity index (χ0n) is 17.3. The van der Waals surface area contributed by atoms with E-state index in [0.29, 0.717) is 16.7 Å². The highest BCUT2D eigenvalue weighted by molar-refractivity contribution is 8.02. The number of rotatable bonds is 9. The molecule has 0 unspecified atom stereocenters. The average molecular weight is 494 g/mol. The second kappa shape index (κ2) is 11.7. The molecule has 0 fully saturated rings. The highest BCUT2D eigenvalue weighted by Gasteiger charge is 2.08. The van der Waals surface area contributed by atoms with Crippen LogP contribution in [0.4, 0.5) is 0 Å². The molecule has 3 aromatic carbocycles. The summed E-state index contributed by atoms with van der Waals surface area (Å²) in [7, 11) is 1.65. The first-order valence-electron chi connectivity index (χ1n) is 9.81. The van der Waals surface area contributed by atoms with Crippen molar-refractivity contribution in [1.82, 2.24) is 0 Å². The molecule has 162 valence electrons. The predicted molar refractivity (Wildman–Crippen MR) is 135 cm³/mol. The number of allylic oxidation sites excluding steroid dienone is 1. The molecule has 2 nitrogen and oxygen atoms in total. The van der Waals surface area contributed by atoms with Crippen LogP contribution in [0.5, 0.6) is 11.5 Å². The van der Waals surface area contributed by atoms with Gasteiger partial charge in [-0.3, -0.25) is 0 Å². The van der Waals surface area contributed by atoms with Crippen LogP contribution in [0.25, 0.3) is 6.08 Å². The first-order chi connectivity index (χ1) is 15.0. The second-order valence-corrected chi connectivity index (χ2v) is 9.15. The van der Waals surface area contributed by atoms with Crippen LogP contribution in [0.1, 0.15) is 23.6 Å². The maximum atomic E-state index is 6.18. The summed E-state index contributed by atoms with van der Waals surface area (Å²) >= 11 is 20.1. The van der Waals surface area contributed by atoms with Gasteiger partial charge in [0, 0.05) is 17.2 Å². The number of hydrogen-bond acceptors (Lipinski definition) is 3. The largest absolute Gasteiger partial charge is 0.493 e. The van der Waals surface area contributed by atoms with Gasteiger partial charge in [-0.1, -0.05) is 59.1 Å². The van der Waals surface area contributed by atoms with Crippen molar-refractivity contribution < 1.29 is 9.47 Å². The molecule has 3 rings (SSSR count). The van der Waals surface area contributed by atoms with Gasteiger partial charge in [-0.05, 0) is 71.0 Å². The standard InChI is InChI=1S/C25H23Cl3O2S/c1-3-30-24-11-7-18(15-25(24)29-2)13-21(12-17-4-8-20(26)9-5-17)31-16-19-6-10-22(27)23(28)14-19/h4-11,13-15H,3,12,16H2,1-2H3/b21-13+. The molecule has 0 aliphatic rings. The molecule has 0 N–H and O–H groups in total. The maximum Gasteiger partial charge on any atom is 0.161 e. The molecule has 0 aliphatic carbocycles. The summed E-state index contributed by atoms with van der Waals surface area (Å²) in [6.07, 6.45) is 2.97. The van der Waals surface area contributed by atoms with E-state index in [1.165, 1.54) is 10.5 Å². The molecule has 0 atom stereocenters. The summed E-state index contributed by atoms with van der Waals surface area (Å²) in [5.41, 5.74) is 3.35. The van der Waals surface area contributed by atoms with E-state index in [0.717, 1.165) is 39.8 Å². The fourth-order valence-electron chi connectivity index (χ4n) is 2.99. The van der Waals surface area contributed by atoms with Crippen molar-refractivity contribution in [3.8, 4) is 11.5 Å². The Hall–Kier alpha value is -1.78. The number of thioether (sulfide) groups is 1. The van der Waals surface area contributed by atoms with Gasteiger partial charge in [0.05, 0.1) is 23.8 Å². The van der Waals surface area contributed by atoms with Crippen molar-refractivity contribution in [1.29, 1.82) is 0 Å². The van der Waals surface area contributed by atoms with Crippen LogP contribution in [-0.2, 0) is 12.2 Å². The van der Waals surface area contributed by atoms with E-state index in [4.69, 9.17) is 44.3 Å². The number of ether oxygens (including phenoxy) is 2. The molecule has 0 amide bonds. The molecule has 0 spiro atoms. The van der Waals surface area contributed by atoms with E-state index in [1.807, 2.05) is 55.5 Å². The Morgan fingerprint density at radius 2 is 1.61 bits per heavy atom. The third-order valence-electron chi connectivity index (χ3n) is 4.52. The number of benzene rings is 3. The van der Waals surface area contributed by atoms with Gasteiger partial charge in [0.25, 0.3) is 0 Å². The van der Waals surface area contributed by atoms with Gasteiger partial charge in [0.15, 0.2) is 11.5 Å². The molecule has 0 saturated heterocycles. The number of hydrogen-bond donors (Lipinski definition) is 0. The van der Waals surface area contributed by atoms with Crippen LogP contribution >= 0.6 is 46.6 Å². The predicted octanol–water partition coefficient (Wildman–Crippen LogP) is 8.57. The minimum atomic E-state index is 0.564. The monoisotopic (exact) mass is 492 g/mol. The molecule has 3 aromatic rings. The van der Waals surface area contributed by atoms with Gasteiger partial charge in [-0.15, -0.1) is 11.8 Å². The summed E-state index contributed by atoms with van der Waals surface area (Å²) in [6.45, 7) is 2.55. The fraction of sp³-hybridized carbons (Fsp3) is 0.200. The molecular weight excluding hydrogens is 471 g/mol. The third-order valence-corrected chi connectivity index (χ3v) is 6.62. The first-order valence-corrected chi connectivity index (χ1v) is 11.9. The lowest BCUT2D eigenvalue weighted by atomic mass is 10.1. The molecule has 0 aromatic heterocycles. The highest BCUT2D eigenvalue weighted by Crippen LogP contribution is 2.33. The lowest BCUT2D eigenvalue weighted by Crippen LogP contribution is -1.95. The van der Waals surface area contributed by atoms with Gasteiger partial charge >= 0.3 is 0 Å². The Kier molecular flexibility index (Phi) is 9.03. The number of halogens is 3. The summed E-state index contributed by atoms with van der Waals surface area (Å²) in [6, 6.07) is 19.6. The Morgan fingerprint density at radius 1 is 0.871 bits per heavy atom. The summed E-state index contributed by atoms with van der Waals surface area (Å²) in [4.78, 5) is 1.21. The Morgan fingerprint density at radius 3 is 2.29 bits per heavy atom. The Labute approximate surface area is 203 Å². The van der Waals surface area contributed by atoms with Crippen LogP contribution in [0.15, 0.2) is 65.6 Å². The van der Waals surface area contributed by atoms with Crippen molar-refractivity contribution in [3.63, 3.8) is 0 Å². The molecule has 31 heavy (non-hydrogen) atoms. The molecule has 0 heterocycles. The van der Waals surface area contributed by atoms with Gasteiger partial charge in [-0.25, -0.2) is 0 Å². The minimum absolute atomic E-state index is 0.564. The molecule has 0 aliphatic heterocycles. The zero-order valence-corrected chi connectivity index (χ0v) is 20.4. The topological polar surface area (TPSA) is 18.5 Å². The lowest BCUT2D eigenvalue weighted by molar-refractivity contribution is 0.311. The van der Waals surface area contributed by atoms with Gasteiger partial charge < -0.3 is 9.47 Å². The SMILES string of the molecule is CCOc1ccc(/C=C(\Cc2ccc(Cl)cc2)SCc2ccc(Cl)c(Cl)c2)cc1OC. The van der Waals surface area contributed by atoms with E-state index < -0.39 is 0 Å². The van der Waals surface area contributed by atoms with Gasteiger partial charge in [0.1, 0.15) is 0 Å². The summed E-state index contributed by atoms with van der Waals surface area (Å²) in [5, 5.41) is 1.86. The van der Waals surface area contributed by atoms with E-state index in [2.05, 4.69) is 18.2 Å². The normalized spacial score (nSPS) is 11.5. The quantitative estimate of drug-likeness (QED) is 0.297. The van der Waals surface area contributed by atoms with Crippen LogP contribution in [0.2, 0.25) is 15.1 Å². The van der Waals surface area contributed by atoms with Crippen molar-refractivity contribution in [2.24, 2.45) is 0 Å². The molecule has 0 saturated carbocycles. The van der Waals surface area contributed by atoms with Crippen LogP contribution in [-0.4, -0.2) is 13.7 Å². The highest BCUT2D eigenvalue weighted by atomic mass is 35.5. The van der Waals surface area contributed by atoms with Gasteiger partial charge in [-0.2, -0.15) is 0 Å². The zero-order chi connectivity index (χ0) is 22.2. The Bertz CT molecular complexity index is 1050. The van der Waals surface area contributed by atoms with Crippen LogP contribution < -0.4 is 9.47 Å². The minimum Gasteiger partial charge on any atom is -0.493 e. The molecular formula is C25H23Cl3O2S. The first kappa shape index (κ1) is 23.9. The van der Waals surface area contributed by atoms with Crippen molar-refractivity contribution in [2.45, 2.75) is 19.1 Å². The van der Waals surface area contributed by atoms with Crippen LogP contribution in [0, 0.1) is 0 Å². The lowest BCUT2D eigenvalue weighted by Gasteiger charge is -2.12. The summed E-state index contributed by atoms with van der Waals surface area (Å²) < 4.78 is 11.1.